The van der Waals surface area contributed by atoms with Gasteiger partial charge in [-0.3, -0.25) is 0 Å². The Morgan fingerprint density at radius 3 is 2.70 bits per heavy atom. The molecule has 0 amide bonds. The van der Waals surface area contributed by atoms with Gasteiger partial charge in [-0.15, -0.1) is 0 Å². The molecule has 20 heavy (non-hydrogen) atoms. The van der Waals surface area contributed by atoms with Crippen molar-refractivity contribution in [2.45, 2.75) is 39.8 Å². The summed E-state index contributed by atoms with van der Waals surface area (Å²) in [5, 5.41) is 0. The molecule has 0 saturated heterocycles. The minimum atomic E-state index is 0.219. The number of rotatable bonds is 7. The van der Waals surface area contributed by atoms with Gasteiger partial charge in [0.05, 0.1) is 0 Å². The summed E-state index contributed by atoms with van der Waals surface area (Å²) < 4.78 is 7.78. The number of carbonyl (C=O) groups is 1. The second-order valence-corrected chi connectivity index (χ2v) is 4.76. The van der Waals surface area contributed by atoms with Gasteiger partial charge in [0.25, 0.3) is 0 Å². The maximum atomic E-state index is 10.9. The van der Waals surface area contributed by atoms with Crippen LogP contribution in [-0.2, 0) is 24.4 Å². The molecule has 0 fully saturated rings. The third-order valence-corrected chi connectivity index (χ3v) is 3.20. The number of imidazole rings is 1. The number of Topliss-reactive ketones (excluding diaryl/α,β-unsaturated/α-hetero) is 1. The zero-order valence-corrected chi connectivity index (χ0v) is 12.0. The van der Waals surface area contributed by atoms with Crippen LogP contribution in [0.4, 0.5) is 0 Å². The third kappa shape index (κ3) is 3.95. The van der Waals surface area contributed by atoms with Gasteiger partial charge in [-0.25, -0.2) is 4.98 Å². The summed E-state index contributed by atoms with van der Waals surface area (Å²) in [6.07, 6.45) is 5.11. The molecule has 0 aliphatic heterocycles. The highest BCUT2D eigenvalue weighted by Gasteiger charge is 2.03. The number of ether oxygens (including phenoxy) is 1. The summed E-state index contributed by atoms with van der Waals surface area (Å²) >= 11 is 0. The lowest BCUT2D eigenvalue weighted by atomic mass is 10.1. The molecule has 0 radical (unpaired) electrons. The van der Waals surface area contributed by atoms with Gasteiger partial charge in [0.15, 0.2) is 0 Å². The van der Waals surface area contributed by atoms with E-state index in [-0.39, 0.29) is 5.78 Å². The standard InChI is InChI=1S/C16H20N2O2/c1-3-18-11-10-17-16(18)12-20-15-8-6-14(7-9-15)5-4-13(2)19/h6-11H,3-5,12H2,1-2H3. The van der Waals surface area contributed by atoms with Crippen molar-refractivity contribution < 1.29 is 9.53 Å². The SMILES string of the molecule is CCn1ccnc1COc1ccc(CCC(C)=O)cc1. The summed E-state index contributed by atoms with van der Waals surface area (Å²) in [7, 11) is 0. The molecule has 0 aliphatic carbocycles. The van der Waals surface area contributed by atoms with Crippen LogP contribution in [0, 0.1) is 0 Å². The molecule has 2 rings (SSSR count). The van der Waals surface area contributed by atoms with Crippen molar-refractivity contribution in [3.63, 3.8) is 0 Å². The molecule has 1 aromatic heterocycles. The molecule has 1 aromatic carbocycles. The average molecular weight is 272 g/mol. The number of ketones is 1. The monoisotopic (exact) mass is 272 g/mol. The molecule has 0 aliphatic rings. The molecule has 4 heteroatoms. The first-order valence-corrected chi connectivity index (χ1v) is 6.90. The van der Waals surface area contributed by atoms with E-state index in [0.29, 0.717) is 13.0 Å². The van der Waals surface area contributed by atoms with Gasteiger partial charge in [0, 0.05) is 25.4 Å². The topological polar surface area (TPSA) is 44.1 Å². The van der Waals surface area contributed by atoms with E-state index < -0.39 is 0 Å². The van der Waals surface area contributed by atoms with Crippen LogP contribution in [0.3, 0.4) is 0 Å². The Morgan fingerprint density at radius 1 is 1.30 bits per heavy atom. The van der Waals surface area contributed by atoms with Gasteiger partial charge in [-0.05, 0) is 38.0 Å². The summed E-state index contributed by atoms with van der Waals surface area (Å²) in [6.45, 7) is 5.05. The smallest absolute Gasteiger partial charge is 0.146 e. The van der Waals surface area contributed by atoms with Crippen molar-refractivity contribution in [2.24, 2.45) is 0 Å². The first-order valence-electron chi connectivity index (χ1n) is 6.90. The zero-order valence-electron chi connectivity index (χ0n) is 12.0. The first-order chi connectivity index (χ1) is 9.69. The minimum Gasteiger partial charge on any atom is -0.486 e. The number of benzene rings is 1. The van der Waals surface area contributed by atoms with Crippen LogP contribution >= 0.6 is 0 Å². The van der Waals surface area contributed by atoms with Crippen molar-refractivity contribution in [1.82, 2.24) is 9.55 Å². The normalized spacial score (nSPS) is 10.5. The van der Waals surface area contributed by atoms with Crippen LogP contribution in [0.5, 0.6) is 5.75 Å². The second-order valence-electron chi connectivity index (χ2n) is 4.76. The Morgan fingerprint density at radius 2 is 2.05 bits per heavy atom. The van der Waals surface area contributed by atoms with Crippen LogP contribution in [0.2, 0.25) is 0 Å². The summed E-state index contributed by atoms with van der Waals surface area (Å²) in [5.41, 5.74) is 1.16. The van der Waals surface area contributed by atoms with E-state index in [0.717, 1.165) is 30.1 Å². The Hall–Kier alpha value is -2.10. The quantitative estimate of drug-likeness (QED) is 0.778. The number of nitrogens with zero attached hydrogens (tertiary/aromatic N) is 2. The van der Waals surface area contributed by atoms with Gasteiger partial charge in [0.2, 0.25) is 0 Å². The fourth-order valence-corrected chi connectivity index (χ4v) is 1.99. The molecule has 0 unspecified atom stereocenters. The molecule has 0 bridgehead atoms. The van der Waals surface area contributed by atoms with E-state index >= 15 is 0 Å². The van der Waals surface area contributed by atoms with Gasteiger partial charge < -0.3 is 14.1 Å². The van der Waals surface area contributed by atoms with E-state index in [9.17, 15) is 4.79 Å². The largest absolute Gasteiger partial charge is 0.486 e. The van der Waals surface area contributed by atoms with Crippen molar-refractivity contribution in [1.29, 1.82) is 0 Å². The lowest BCUT2D eigenvalue weighted by Gasteiger charge is -2.08. The lowest BCUT2D eigenvalue weighted by Crippen LogP contribution is -2.05. The van der Waals surface area contributed by atoms with Gasteiger partial charge in [-0.2, -0.15) is 0 Å². The Kier molecular flexibility index (Phi) is 4.93. The van der Waals surface area contributed by atoms with Crippen LogP contribution in [0.15, 0.2) is 36.7 Å². The molecule has 2 aromatic rings. The van der Waals surface area contributed by atoms with Crippen molar-refractivity contribution in [2.75, 3.05) is 0 Å². The van der Waals surface area contributed by atoms with E-state index in [1.54, 1.807) is 13.1 Å². The van der Waals surface area contributed by atoms with Crippen LogP contribution in [-0.4, -0.2) is 15.3 Å². The Labute approximate surface area is 119 Å². The van der Waals surface area contributed by atoms with Gasteiger partial charge in [-0.1, -0.05) is 12.1 Å². The number of carbonyl (C=O) groups excluding carboxylic acids is 1. The van der Waals surface area contributed by atoms with Crippen LogP contribution in [0.25, 0.3) is 0 Å². The van der Waals surface area contributed by atoms with Gasteiger partial charge in [0.1, 0.15) is 24.0 Å². The Bertz CT molecular complexity index is 558. The third-order valence-electron chi connectivity index (χ3n) is 3.20. The summed E-state index contributed by atoms with van der Waals surface area (Å²) in [6, 6.07) is 7.89. The maximum absolute atomic E-state index is 10.9. The molecule has 0 spiro atoms. The maximum Gasteiger partial charge on any atom is 0.146 e. The summed E-state index contributed by atoms with van der Waals surface area (Å²) in [5.74, 6) is 1.96. The average Bonchev–Trinajstić information content (AvgIpc) is 2.91. The van der Waals surface area contributed by atoms with E-state index in [2.05, 4.69) is 16.5 Å². The van der Waals surface area contributed by atoms with Crippen LogP contribution < -0.4 is 4.74 Å². The minimum absolute atomic E-state index is 0.219. The van der Waals surface area contributed by atoms with E-state index in [1.807, 2.05) is 30.5 Å². The van der Waals surface area contributed by atoms with Gasteiger partial charge >= 0.3 is 0 Å². The highest BCUT2D eigenvalue weighted by molar-refractivity contribution is 5.75. The number of aromatic nitrogens is 2. The molecule has 0 atom stereocenters. The zero-order chi connectivity index (χ0) is 14.4. The molecular weight excluding hydrogens is 252 g/mol. The fraction of sp³-hybridized carbons (Fsp3) is 0.375. The molecule has 106 valence electrons. The number of hydrogen-bond donors (Lipinski definition) is 0. The molecule has 4 nitrogen and oxygen atoms in total. The lowest BCUT2D eigenvalue weighted by molar-refractivity contribution is -0.116. The first kappa shape index (κ1) is 14.3. The highest BCUT2D eigenvalue weighted by atomic mass is 16.5. The number of hydrogen-bond acceptors (Lipinski definition) is 3. The van der Waals surface area contributed by atoms with E-state index in [4.69, 9.17) is 4.74 Å². The molecule has 0 N–H and O–H groups in total. The highest BCUT2D eigenvalue weighted by Crippen LogP contribution is 2.15. The predicted molar refractivity (Wildman–Crippen MR) is 77.7 cm³/mol. The Balaban J connectivity index is 1.89. The fourth-order valence-electron chi connectivity index (χ4n) is 1.99. The van der Waals surface area contributed by atoms with Crippen LogP contribution in [0.1, 0.15) is 31.7 Å². The molecular formula is C16H20N2O2. The number of aryl methyl sites for hydroxylation is 2. The second kappa shape index (κ2) is 6.89. The van der Waals surface area contributed by atoms with Crippen molar-refractivity contribution in [3.8, 4) is 5.75 Å². The molecule has 1 heterocycles. The summed E-state index contributed by atoms with van der Waals surface area (Å²) in [4.78, 5) is 15.2. The molecule has 0 saturated carbocycles. The van der Waals surface area contributed by atoms with E-state index in [1.165, 1.54) is 0 Å². The van der Waals surface area contributed by atoms with Crippen molar-refractivity contribution >= 4 is 5.78 Å². The van der Waals surface area contributed by atoms with Crippen molar-refractivity contribution in [3.05, 3.63) is 48.0 Å². The predicted octanol–water partition coefficient (Wildman–Crippen LogP) is 3.00.